The van der Waals surface area contributed by atoms with Gasteiger partial charge in [0.25, 0.3) is 5.91 Å². The van der Waals surface area contributed by atoms with Crippen LogP contribution >= 0.6 is 35.0 Å². The lowest BCUT2D eigenvalue weighted by Crippen LogP contribution is -2.19. The molecule has 1 aliphatic heterocycles. The second-order valence-electron chi connectivity index (χ2n) is 6.84. The summed E-state index contributed by atoms with van der Waals surface area (Å²) in [5.41, 5.74) is 1.59. The van der Waals surface area contributed by atoms with Gasteiger partial charge in [-0.1, -0.05) is 53.5 Å². The molecular formula is C24H14Cl2N2O2S. The fourth-order valence-electron chi connectivity index (χ4n) is 3.21. The van der Waals surface area contributed by atoms with Crippen LogP contribution in [-0.2, 0) is 4.79 Å². The van der Waals surface area contributed by atoms with Gasteiger partial charge < -0.3 is 9.73 Å². The fourth-order valence-corrected chi connectivity index (χ4v) is 4.33. The fraction of sp³-hybridized carbons (Fsp3) is 0. The number of benzene rings is 3. The Hall–Kier alpha value is -2.99. The molecular weight excluding hydrogens is 451 g/mol. The topological polar surface area (TPSA) is 54.6 Å². The maximum atomic E-state index is 12.4. The SMILES string of the molecule is O=C1NC(=Nc2ccc3ccccc3c2)SC1=Cc1ccc(-c2ccc(Cl)c(Cl)c2)o1. The van der Waals surface area contributed by atoms with E-state index in [0.29, 0.717) is 31.6 Å². The molecule has 0 aliphatic carbocycles. The van der Waals surface area contributed by atoms with Gasteiger partial charge in [-0.3, -0.25) is 4.79 Å². The summed E-state index contributed by atoms with van der Waals surface area (Å²) in [4.78, 5) is 17.5. The summed E-state index contributed by atoms with van der Waals surface area (Å²) < 4.78 is 5.87. The zero-order valence-electron chi connectivity index (χ0n) is 15.9. The molecule has 2 heterocycles. The van der Waals surface area contributed by atoms with Crippen LogP contribution in [0.15, 0.2) is 87.1 Å². The number of carbonyl (C=O) groups excluding carboxylic acids is 1. The lowest BCUT2D eigenvalue weighted by molar-refractivity contribution is -0.115. The van der Waals surface area contributed by atoms with Crippen LogP contribution in [0, 0.1) is 0 Å². The van der Waals surface area contributed by atoms with E-state index in [1.165, 1.54) is 11.8 Å². The van der Waals surface area contributed by atoms with Gasteiger partial charge in [0.1, 0.15) is 11.5 Å². The van der Waals surface area contributed by atoms with Crippen molar-refractivity contribution in [1.29, 1.82) is 0 Å². The Balaban J connectivity index is 1.37. The van der Waals surface area contributed by atoms with E-state index in [0.717, 1.165) is 22.0 Å². The minimum Gasteiger partial charge on any atom is -0.457 e. The highest BCUT2D eigenvalue weighted by Gasteiger charge is 2.24. The van der Waals surface area contributed by atoms with E-state index in [4.69, 9.17) is 27.6 Å². The van der Waals surface area contributed by atoms with Crippen LogP contribution in [0.4, 0.5) is 5.69 Å². The molecule has 1 saturated heterocycles. The van der Waals surface area contributed by atoms with Crippen LogP contribution in [0.2, 0.25) is 10.0 Å². The number of hydrogen-bond donors (Lipinski definition) is 1. The quantitative estimate of drug-likeness (QED) is 0.323. The Morgan fingerprint density at radius 2 is 1.74 bits per heavy atom. The van der Waals surface area contributed by atoms with E-state index in [1.807, 2.05) is 48.5 Å². The summed E-state index contributed by atoms with van der Waals surface area (Å²) >= 11 is 13.3. The zero-order chi connectivity index (χ0) is 21.4. The van der Waals surface area contributed by atoms with Crippen LogP contribution in [0.3, 0.4) is 0 Å². The number of hydrogen-bond acceptors (Lipinski definition) is 4. The van der Waals surface area contributed by atoms with Gasteiger partial charge in [-0.25, -0.2) is 4.99 Å². The molecule has 152 valence electrons. The first-order valence-electron chi connectivity index (χ1n) is 9.39. The van der Waals surface area contributed by atoms with E-state index in [2.05, 4.69) is 16.4 Å². The third-order valence-electron chi connectivity index (χ3n) is 4.72. The monoisotopic (exact) mass is 464 g/mol. The van der Waals surface area contributed by atoms with Crippen molar-refractivity contribution in [1.82, 2.24) is 5.32 Å². The van der Waals surface area contributed by atoms with E-state index < -0.39 is 0 Å². The number of amides is 1. The molecule has 0 radical (unpaired) electrons. The number of thioether (sulfide) groups is 1. The van der Waals surface area contributed by atoms with Gasteiger partial charge >= 0.3 is 0 Å². The summed E-state index contributed by atoms with van der Waals surface area (Å²) in [6.45, 7) is 0. The third-order valence-corrected chi connectivity index (χ3v) is 6.37. The number of halogens is 2. The van der Waals surface area contributed by atoms with Crippen LogP contribution in [0.5, 0.6) is 0 Å². The molecule has 7 heteroatoms. The molecule has 1 fully saturated rings. The Bertz CT molecular complexity index is 1390. The minimum atomic E-state index is -0.211. The first-order valence-corrected chi connectivity index (χ1v) is 11.0. The number of carbonyl (C=O) groups is 1. The number of aliphatic imine (C=N–C) groups is 1. The zero-order valence-corrected chi connectivity index (χ0v) is 18.3. The molecule has 4 nitrogen and oxygen atoms in total. The molecule has 31 heavy (non-hydrogen) atoms. The van der Waals surface area contributed by atoms with Gasteiger partial charge in [-0.15, -0.1) is 0 Å². The average molecular weight is 465 g/mol. The predicted octanol–water partition coefficient (Wildman–Crippen LogP) is 7.30. The molecule has 1 aliphatic rings. The number of nitrogens with zero attached hydrogens (tertiary/aromatic N) is 1. The number of fused-ring (bicyclic) bond motifs is 1. The summed E-state index contributed by atoms with van der Waals surface area (Å²) in [7, 11) is 0. The standard InChI is InChI=1S/C24H14Cl2N2O2S/c25-19-9-6-16(12-20(19)26)21-10-8-18(30-21)13-22-23(29)28-24(31-22)27-17-7-5-14-3-1-2-4-15(14)11-17/h1-13H,(H,27,28,29). The molecule has 3 aromatic carbocycles. The molecule has 0 bridgehead atoms. The first-order chi connectivity index (χ1) is 15.0. The molecule has 1 N–H and O–H groups in total. The summed E-state index contributed by atoms with van der Waals surface area (Å²) in [6.07, 6.45) is 1.70. The van der Waals surface area contributed by atoms with Crippen molar-refractivity contribution in [3.8, 4) is 11.3 Å². The van der Waals surface area contributed by atoms with Crippen molar-refractivity contribution in [2.24, 2.45) is 4.99 Å². The summed E-state index contributed by atoms with van der Waals surface area (Å²) in [5, 5.41) is 6.51. The third kappa shape index (κ3) is 4.26. The van der Waals surface area contributed by atoms with Gasteiger partial charge in [0.05, 0.1) is 20.6 Å². The molecule has 0 unspecified atom stereocenters. The highest BCUT2D eigenvalue weighted by Crippen LogP contribution is 2.32. The summed E-state index contributed by atoms with van der Waals surface area (Å²) in [5.74, 6) is 0.988. The molecule has 0 saturated carbocycles. The number of nitrogens with one attached hydrogen (secondary N) is 1. The number of amidine groups is 1. The average Bonchev–Trinajstić information content (AvgIpc) is 3.37. The van der Waals surface area contributed by atoms with Crippen LogP contribution in [0.1, 0.15) is 5.76 Å². The van der Waals surface area contributed by atoms with Crippen LogP contribution in [0.25, 0.3) is 28.2 Å². The summed E-state index contributed by atoms with van der Waals surface area (Å²) in [6, 6.07) is 22.9. The Labute approximate surface area is 192 Å². The van der Waals surface area contributed by atoms with Crippen molar-refractivity contribution in [3.05, 3.63) is 93.5 Å². The van der Waals surface area contributed by atoms with Crippen LogP contribution < -0.4 is 5.32 Å². The second-order valence-corrected chi connectivity index (χ2v) is 8.69. The lowest BCUT2D eigenvalue weighted by Gasteiger charge is -2.00. The van der Waals surface area contributed by atoms with Crippen molar-refractivity contribution < 1.29 is 9.21 Å². The number of rotatable bonds is 3. The maximum absolute atomic E-state index is 12.4. The van der Waals surface area contributed by atoms with E-state index in [9.17, 15) is 4.79 Å². The molecule has 1 amide bonds. The highest BCUT2D eigenvalue weighted by molar-refractivity contribution is 8.18. The van der Waals surface area contributed by atoms with Crippen LogP contribution in [-0.4, -0.2) is 11.1 Å². The van der Waals surface area contributed by atoms with Crippen molar-refractivity contribution in [2.75, 3.05) is 0 Å². The Kier molecular flexibility index (Phi) is 5.32. The number of furan rings is 1. The Morgan fingerprint density at radius 1 is 0.903 bits per heavy atom. The molecule has 0 atom stereocenters. The van der Waals surface area contributed by atoms with Gasteiger partial charge in [-0.05, 0) is 65.0 Å². The van der Waals surface area contributed by atoms with Gasteiger partial charge in [0.15, 0.2) is 5.17 Å². The normalized spacial score (nSPS) is 16.4. The Morgan fingerprint density at radius 3 is 2.58 bits per heavy atom. The minimum absolute atomic E-state index is 0.211. The van der Waals surface area contributed by atoms with E-state index in [-0.39, 0.29) is 5.91 Å². The highest BCUT2D eigenvalue weighted by atomic mass is 35.5. The van der Waals surface area contributed by atoms with E-state index >= 15 is 0 Å². The molecule has 4 aromatic rings. The largest absolute Gasteiger partial charge is 0.457 e. The lowest BCUT2D eigenvalue weighted by atomic mass is 10.1. The van der Waals surface area contributed by atoms with E-state index in [1.54, 1.807) is 24.3 Å². The molecule has 0 spiro atoms. The smallest absolute Gasteiger partial charge is 0.264 e. The molecule has 1 aromatic heterocycles. The molecule has 5 rings (SSSR count). The predicted molar refractivity (Wildman–Crippen MR) is 129 cm³/mol. The first kappa shape index (κ1) is 19.9. The van der Waals surface area contributed by atoms with Gasteiger partial charge in [-0.2, -0.15) is 0 Å². The van der Waals surface area contributed by atoms with Crippen molar-refractivity contribution in [2.45, 2.75) is 0 Å². The maximum Gasteiger partial charge on any atom is 0.264 e. The van der Waals surface area contributed by atoms with Gasteiger partial charge in [0, 0.05) is 11.6 Å². The van der Waals surface area contributed by atoms with Gasteiger partial charge in [0.2, 0.25) is 0 Å². The second kappa shape index (κ2) is 8.27. The van der Waals surface area contributed by atoms with Crippen molar-refractivity contribution in [3.63, 3.8) is 0 Å². The van der Waals surface area contributed by atoms with Crippen molar-refractivity contribution >= 4 is 68.6 Å².